The highest BCUT2D eigenvalue weighted by molar-refractivity contribution is 8.00. The van der Waals surface area contributed by atoms with Gasteiger partial charge in [-0.25, -0.2) is 4.98 Å². The van der Waals surface area contributed by atoms with Crippen molar-refractivity contribution in [3.63, 3.8) is 0 Å². The number of rotatable bonds is 13. The van der Waals surface area contributed by atoms with E-state index >= 15 is 0 Å². The Morgan fingerprint density at radius 1 is 0.917 bits per heavy atom. The highest BCUT2D eigenvalue weighted by atomic mass is 35.5. The number of para-hydroxylation sites is 1. The third kappa shape index (κ3) is 9.34. The van der Waals surface area contributed by atoms with Crippen molar-refractivity contribution in [3.8, 4) is 17.0 Å². The SMILES string of the molecule is CCOc1ccccc1/C=C(/NC(=O)c1ccccc1)C(=O)Nc1cccc(SC(CC)C(=O)Nc2nc(-c3ccc(Cl)cc3)cs2)c1. The smallest absolute Gasteiger partial charge is 0.272 e. The van der Waals surface area contributed by atoms with Crippen LogP contribution in [0.2, 0.25) is 5.02 Å². The summed E-state index contributed by atoms with van der Waals surface area (Å²) in [5, 5.41) is 11.2. The van der Waals surface area contributed by atoms with E-state index in [1.807, 2.05) is 61.7 Å². The van der Waals surface area contributed by atoms with Crippen molar-refractivity contribution in [2.24, 2.45) is 0 Å². The first kappa shape index (κ1) is 34.4. The summed E-state index contributed by atoms with van der Waals surface area (Å²) in [6, 6.07) is 30.6. The van der Waals surface area contributed by atoms with Crippen LogP contribution < -0.4 is 20.7 Å². The van der Waals surface area contributed by atoms with E-state index < -0.39 is 17.1 Å². The quantitative estimate of drug-likeness (QED) is 0.0839. The standard InChI is InChI=1S/C37H33ClN4O4S2/c1-3-33(36(45)42-37-41-31(23-47-37)24-17-19-27(38)20-18-24)48-29-15-10-14-28(22-29)39-35(44)30(40-34(43)25-11-6-5-7-12-25)21-26-13-8-9-16-32(26)46-4-2/h5-23,33H,3-4H2,1-2H3,(H,39,44)(H,40,43)(H,41,42,45)/b30-21+. The summed E-state index contributed by atoms with van der Waals surface area (Å²) in [6.45, 7) is 4.26. The summed E-state index contributed by atoms with van der Waals surface area (Å²) in [6.07, 6.45) is 2.16. The molecule has 5 aromatic rings. The topological polar surface area (TPSA) is 109 Å². The molecule has 0 saturated heterocycles. The molecule has 0 fully saturated rings. The number of amides is 3. The minimum atomic E-state index is -0.516. The van der Waals surface area contributed by atoms with Crippen LogP contribution in [0.5, 0.6) is 5.75 Å². The number of benzene rings is 4. The molecule has 3 N–H and O–H groups in total. The van der Waals surface area contributed by atoms with Crippen molar-refractivity contribution >= 4 is 69.3 Å². The fraction of sp³-hybridized carbons (Fsp3) is 0.135. The number of hydrogen-bond acceptors (Lipinski definition) is 7. The van der Waals surface area contributed by atoms with E-state index in [0.29, 0.717) is 45.7 Å². The van der Waals surface area contributed by atoms with Crippen molar-refractivity contribution in [3.05, 3.63) is 130 Å². The molecular weight excluding hydrogens is 664 g/mol. The summed E-state index contributed by atoms with van der Waals surface area (Å²) >= 11 is 8.74. The van der Waals surface area contributed by atoms with Crippen LogP contribution in [0.4, 0.5) is 10.8 Å². The van der Waals surface area contributed by atoms with Crippen LogP contribution in [0.1, 0.15) is 36.2 Å². The number of aromatic nitrogens is 1. The van der Waals surface area contributed by atoms with Crippen molar-refractivity contribution in [2.75, 3.05) is 17.2 Å². The fourth-order valence-electron chi connectivity index (χ4n) is 4.59. The third-order valence-corrected chi connectivity index (χ3v) is 9.32. The lowest BCUT2D eigenvalue weighted by atomic mass is 10.1. The van der Waals surface area contributed by atoms with Crippen molar-refractivity contribution in [2.45, 2.75) is 30.4 Å². The first-order chi connectivity index (χ1) is 23.3. The molecule has 3 amide bonds. The maximum atomic E-state index is 13.7. The van der Waals surface area contributed by atoms with Crippen molar-refractivity contribution in [1.29, 1.82) is 0 Å². The lowest BCUT2D eigenvalue weighted by Crippen LogP contribution is -2.30. The maximum Gasteiger partial charge on any atom is 0.272 e. The van der Waals surface area contributed by atoms with Gasteiger partial charge in [0.2, 0.25) is 5.91 Å². The molecule has 8 nitrogen and oxygen atoms in total. The van der Waals surface area contributed by atoms with Gasteiger partial charge in [0.1, 0.15) is 11.4 Å². The van der Waals surface area contributed by atoms with Gasteiger partial charge in [-0.2, -0.15) is 0 Å². The summed E-state index contributed by atoms with van der Waals surface area (Å²) in [4.78, 5) is 45.3. The molecule has 0 radical (unpaired) electrons. The van der Waals surface area contributed by atoms with E-state index in [0.717, 1.165) is 16.2 Å². The molecular formula is C37H33ClN4O4S2. The van der Waals surface area contributed by atoms with Crippen LogP contribution in [0.3, 0.4) is 0 Å². The lowest BCUT2D eigenvalue weighted by molar-refractivity contribution is -0.116. The number of hydrogen-bond donors (Lipinski definition) is 3. The highest BCUT2D eigenvalue weighted by Gasteiger charge is 2.21. The molecule has 0 bridgehead atoms. The van der Waals surface area contributed by atoms with Gasteiger partial charge in [-0.05, 0) is 68.0 Å². The minimum Gasteiger partial charge on any atom is -0.493 e. The summed E-state index contributed by atoms with van der Waals surface area (Å²) < 4.78 is 5.74. The Labute approximate surface area is 292 Å². The second-order valence-corrected chi connectivity index (χ2v) is 13.0. The summed E-state index contributed by atoms with van der Waals surface area (Å²) in [5.41, 5.74) is 3.26. The molecule has 0 aliphatic carbocycles. The number of thiazole rings is 1. The van der Waals surface area contributed by atoms with Crippen molar-refractivity contribution < 1.29 is 19.1 Å². The Morgan fingerprint density at radius 2 is 1.67 bits per heavy atom. The second kappa shape index (κ2) is 16.8. The Balaban J connectivity index is 1.29. The van der Waals surface area contributed by atoms with Crippen LogP contribution >= 0.6 is 34.7 Å². The van der Waals surface area contributed by atoms with E-state index in [2.05, 4.69) is 20.9 Å². The van der Waals surface area contributed by atoms with Crippen LogP contribution in [0.15, 0.2) is 119 Å². The van der Waals surface area contributed by atoms with E-state index in [4.69, 9.17) is 16.3 Å². The zero-order valence-electron chi connectivity index (χ0n) is 26.2. The normalized spacial score (nSPS) is 11.8. The number of nitrogens with zero attached hydrogens (tertiary/aromatic N) is 1. The van der Waals surface area contributed by atoms with Gasteiger partial charge in [-0.1, -0.05) is 73.1 Å². The predicted octanol–water partition coefficient (Wildman–Crippen LogP) is 8.78. The number of thioether (sulfide) groups is 1. The number of anilines is 2. The first-order valence-corrected chi connectivity index (χ1v) is 17.4. The zero-order valence-corrected chi connectivity index (χ0v) is 28.6. The number of nitrogens with one attached hydrogen (secondary N) is 3. The van der Waals surface area contributed by atoms with Crippen LogP contribution in [0.25, 0.3) is 17.3 Å². The van der Waals surface area contributed by atoms with E-state index in [-0.39, 0.29) is 11.6 Å². The van der Waals surface area contributed by atoms with Gasteiger partial charge in [-0.3, -0.25) is 14.4 Å². The average Bonchev–Trinajstić information content (AvgIpc) is 3.57. The second-order valence-electron chi connectivity index (χ2n) is 10.4. The van der Waals surface area contributed by atoms with E-state index in [1.54, 1.807) is 66.7 Å². The van der Waals surface area contributed by atoms with Crippen LogP contribution in [0, 0.1) is 0 Å². The molecule has 1 atom stereocenters. The Bertz CT molecular complexity index is 1910. The summed E-state index contributed by atoms with van der Waals surface area (Å²) in [5.74, 6) is -0.526. The number of carbonyl (C=O) groups is 3. The molecule has 1 aromatic heterocycles. The lowest BCUT2D eigenvalue weighted by Gasteiger charge is -2.15. The largest absolute Gasteiger partial charge is 0.493 e. The predicted molar refractivity (Wildman–Crippen MR) is 196 cm³/mol. The fourth-order valence-corrected chi connectivity index (χ4v) is 6.45. The molecule has 1 unspecified atom stereocenters. The van der Waals surface area contributed by atoms with E-state index in [1.165, 1.54) is 23.1 Å². The molecule has 0 saturated carbocycles. The molecule has 0 spiro atoms. The molecule has 5 rings (SSSR count). The van der Waals surface area contributed by atoms with Gasteiger partial charge >= 0.3 is 0 Å². The van der Waals surface area contributed by atoms with Crippen molar-refractivity contribution in [1.82, 2.24) is 10.3 Å². The number of carbonyl (C=O) groups excluding carboxylic acids is 3. The highest BCUT2D eigenvalue weighted by Crippen LogP contribution is 2.31. The molecule has 11 heteroatoms. The van der Waals surface area contributed by atoms with Gasteiger partial charge < -0.3 is 20.7 Å². The molecule has 244 valence electrons. The first-order valence-electron chi connectivity index (χ1n) is 15.2. The van der Waals surface area contributed by atoms with Gasteiger partial charge in [0.05, 0.1) is 17.6 Å². The maximum absolute atomic E-state index is 13.7. The Kier molecular flexibility index (Phi) is 12.0. The minimum absolute atomic E-state index is 0.0429. The zero-order chi connectivity index (χ0) is 33.9. The Hall–Kier alpha value is -4.90. The van der Waals surface area contributed by atoms with Crippen LogP contribution in [-0.2, 0) is 9.59 Å². The van der Waals surface area contributed by atoms with Crippen LogP contribution in [-0.4, -0.2) is 34.6 Å². The van der Waals surface area contributed by atoms with Gasteiger partial charge in [0.15, 0.2) is 5.13 Å². The summed E-state index contributed by atoms with van der Waals surface area (Å²) in [7, 11) is 0. The molecule has 4 aromatic carbocycles. The average molecular weight is 697 g/mol. The Morgan fingerprint density at radius 3 is 2.42 bits per heavy atom. The van der Waals surface area contributed by atoms with Gasteiger partial charge in [0, 0.05) is 37.7 Å². The molecule has 1 heterocycles. The molecule has 48 heavy (non-hydrogen) atoms. The molecule has 0 aliphatic heterocycles. The van der Waals surface area contributed by atoms with Gasteiger partial charge in [0.25, 0.3) is 11.8 Å². The number of ether oxygens (including phenoxy) is 1. The molecule has 0 aliphatic rings. The third-order valence-electron chi connectivity index (χ3n) is 6.96. The van der Waals surface area contributed by atoms with Gasteiger partial charge in [-0.15, -0.1) is 23.1 Å². The number of halogens is 1. The van der Waals surface area contributed by atoms with E-state index in [9.17, 15) is 14.4 Å². The monoisotopic (exact) mass is 696 g/mol.